The highest BCUT2D eigenvalue weighted by molar-refractivity contribution is 6.03. The van der Waals surface area contributed by atoms with E-state index in [-0.39, 0.29) is 11.5 Å². The molecular weight excluding hydrogens is 366 g/mol. The number of carboxylic acid groups (broad SMARTS) is 1. The average molecular weight is 385 g/mol. The van der Waals surface area contributed by atoms with E-state index >= 15 is 0 Å². The van der Waals surface area contributed by atoms with Gasteiger partial charge in [-0.2, -0.15) is 0 Å². The highest BCUT2D eigenvalue weighted by Gasteiger charge is 2.15. The van der Waals surface area contributed by atoms with Crippen LogP contribution in [0.15, 0.2) is 67.0 Å². The third-order valence-corrected chi connectivity index (χ3v) is 4.78. The van der Waals surface area contributed by atoms with Crippen molar-refractivity contribution in [3.05, 3.63) is 72.6 Å². The number of aryl methyl sites for hydroxylation is 1. The van der Waals surface area contributed by atoms with Crippen molar-refractivity contribution in [2.45, 2.75) is 6.92 Å². The molecule has 0 aliphatic heterocycles. The summed E-state index contributed by atoms with van der Waals surface area (Å²) in [4.78, 5) is 27.3. The SMILES string of the molecule is CC(=O)Nc1cccc(-c2ccc(-c3cc(C(=O)O)c4c(c3)ncn4C)cc2)c1. The summed E-state index contributed by atoms with van der Waals surface area (Å²) in [5.41, 5.74) is 5.90. The fourth-order valence-electron chi connectivity index (χ4n) is 3.46. The van der Waals surface area contributed by atoms with Gasteiger partial charge in [-0.05, 0) is 46.5 Å². The number of nitrogens with zero attached hydrogens (tertiary/aromatic N) is 2. The van der Waals surface area contributed by atoms with Crippen molar-refractivity contribution in [2.75, 3.05) is 5.32 Å². The predicted molar refractivity (Wildman–Crippen MR) is 113 cm³/mol. The average Bonchev–Trinajstić information content (AvgIpc) is 3.08. The van der Waals surface area contributed by atoms with Gasteiger partial charge in [-0.1, -0.05) is 36.4 Å². The molecule has 1 aromatic heterocycles. The Bertz CT molecular complexity index is 1240. The summed E-state index contributed by atoms with van der Waals surface area (Å²) in [6.07, 6.45) is 1.62. The lowest BCUT2D eigenvalue weighted by molar-refractivity contribution is -0.114. The molecule has 4 aromatic rings. The second kappa shape index (κ2) is 7.24. The molecule has 0 saturated heterocycles. The number of rotatable bonds is 4. The molecule has 0 aliphatic carbocycles. The van der Waals surface area contributed by atoms with E-state index in [1.807, 2.05) is 54.6 Å². The molecular formula is C23H19N3O3. The number of aromatic nitrogens is 2. The Morgan fingerprint density at radius 1 is 0.931 bits per heavy atom. The molecule has 4 rings (SSSR count). The maximum absolute atomic E-state index is 11.7. The number of aromatic carboxylic acids is 1. The number of hydrogen-bond donors (Lipinski definition) is 2. The Morgan fingerprint density at radius 3 is 2.28 bits per heavy atom. The van der Waals surface area contributed by atoms with Gasteiger partial charge in [0.05, 0.1) is 22.9 Å². The van der Waals surface area contributed by atoms with Crippen LogP contribution in [-0.4, -0.2) is 26.5 Å². The number of carbonyl (C=O) groups is 2. The minimum Gasteiger partial charge on any atom is -0.478 e. The Labute approximate surface area is 167 Å². The lowest BCUT2D eigenvalue weighted by Gasteiger charge is -2.09. The summed E-state index contributed by atoms with van der Waals surface area (Å²) in [5.74, 6) is -1.09. The van der Waals surface area contributed by atoms with E-state index < -0.39 is 5.97 Å². The van der Waals surface area contributed by atoms with Crippen molar-refractivity contribution in [2.24, 2.45) is 7.05 Å². The number of hydrogen-bond acceptors (Lipinski definition) is 3. The van der Waals surface area contributed by atoms with E-state index in [9.17, 15) is 14.7 Å². The topological polar surface area (TPSA) is 84.2 Å². The predicted octanol–water partition coefficient (Wildman–Crippen LogP) is 4.56. The number of imidazole rings is 1. The van der Waals surface area contributed by atoms with E-state index in [0.29, 0.717) is 11.0 Å². The van der Waals surface area contributed by atoms with E-state index in [4.69, 9.17) is 0 Å². The van der Waals surface area contributed by atoms with Gasteiger partial charge in [0.15, 0.2) is 0 Å². The summed E-state index contributed by atoms with van der Waals surface area (Å²) in [5, 5.41) is 12.4. The molecule has 0 aliphatic rings. The normalized spacial score (nSPS) is 10.8. The first-order chi connectivity index (χ1) is 13.9. The van der Waals surface area contributed by atoms with Crippen LogP contribution in [0.25, 0.3) is 33.3 Å². The molecule has 0 fully saturated rings. The molecule has 0 bridgehead atoms. The van der Waals surface area contributed by atoms with E-state index in [0.717, 1.165) is 27.9 Å². The first-order valence-corrected chi connectivity index (χ1v) is 9.09. The molecule has 1 heterocycles. The van der Waals surface area contributed by atoms with Crippen molar-refractivity contribution in [1.29, 1.82) is 0 Å². The summed E-state index contributed by atoms with van der Waals surface area (Å²) in [7, 11) is 1.78. The summed E-state index contributed by atoms with van der Waals surface area (Å²) >= 11 is 0. The third-order valence-electron chi connectivity index (χ3n) is 4.78. The third kappa shape index (κ3) is 3.60. The van der Waals surface area contributed by atoms with Crippen LogP contribution < -0.4 is 5.32 Å². The highest BCUT2D eigenvalue weighted by atomic mass is 16.4. The van der Waals surface area contributed by atoms with Crippen LogP contribution in [0.1, 0.15) is 17.3 Å². The molecule has 6 nitrogen and oxygen atoms in total. The largest absolute Gasteiger partial charge is 0.478 e. The van der Waals surface area contributed by atoms with Gasteiger partial charge in [-0.25, -0.2) is 9.78 Å². The van der Waals surface area contributed by atoms with Gasteiger partial charge in [0.2, 0.25) is 5.91 Å². The van der Waals surface area contributed by atoms with E-state index in [1.165, 1.54) is 6.92 Å². The zero-order valence-electron chi connectivity index (χ0n) is 16.0. The summed E-state index contributed by atoms with van der Waals surface area (Å²) < 4.78 is 1.72. The lowest BCUT2D eigenvalue weighted by Crippen LogP contribution is -2.05. The number of anilines is 1. The van der Waals surface area contributed by atoms with Gasteiger partial charge in [0.25, 0.3) is 0 Å². The number of carboxylic acids is 1. The molecule has 3 aromatic carbocycles. The fourth-order valence-corrected chi connectivity index (χ4v) is 3.46. The van der Waals surface area contributed by atoms with Gasteiger partial charge in [0.1, 0.15) is 0 Å². The molecule has 0 unspecified atom stereocenters. The van der Waals surface area contributed by atoms with Gasteiger partial charge in [-0.3, -0.25) is 4.79 Å². The van der Waals surface area contributed by atoms with Gasteiger partial charge < -0.3 is 15.0 Å². The molecule has 0 atom stereocenters. The Morgan fingerprint density at radius 2 is 1.62 bits per heavy atom. The van der Waals surface area contributed by atoms with Crippen molar-refractivity contribution in [1.82, 2.24) is 9.55 Å². The smallest absolute Gasteiger partial charge is 0.337 e. The van der Waals surface area contributed by atoms with Gasteiger partial charge >= 0.3 is 5.97 Å². The summed E-state index contributed by atoms with van der Waals surface area (Å²) in [6.45, 7) is 1.48. The van der Waals surface area contributed by atoms with Gasteiger partial charge in [-0.15, -0.1) is 0 Å². The number of nitrogens with one attached hydrogen (secondary N) is 1. The van der Waals surface area contributed by atoms with E-state index in [2.05, 4.69) is 10.3 Å². The van der Waals surface area contributed by atoms with Crippen molar-refractivity contribution in [3.8, 4) is 22.3 Å². The molecule has 0 saturated carbocycles. The second-order valence-electron chi connectivity index (χ2n) is 6.89. The second-order valence-corrected chi connectivity index (χ2v) is 6.89. The fraction of sp³-hybridized carbons (Fsp3) is 0.0870. The van der Waals surface area contributed by atoms with Crippen molar-refractivity contribution < 1.29 is 14.7 Å². The molecule has 0 radical (unpaired) electrons. The first kappa shape index (κ1) is 18.4. The molecule has 2 N–H and O–H groups in total. The van der Waals surface area contributed by atoms with Gasteiger partial charge in [0, 0.05) is 19.7 Å². The van der Waals surface area contributed by atoms with Crippen LogP contribution in [0.2, 0.25) is 0 Å². The zero-order valence-corrected chi connectivity index (χ0v) is 16.0. The van der Waals surface area contributed by atoms with Crippen LogP contribution in [0, 0.1) is 0 Å². The molecule has 0 spiro atoms. The standard InChI is InChI=1S/C23H19N3O3/c1-14(27)25-19-5-3-4-17(10-19)15-6-8-16(9-7-15)18-11-20(23(28)29)22-21(12-18)24-13-26(22)2/h3-13H,1-2H3,(H,25,27)(H,28,29). The number of fused-ring (bicyclic) bond motifs is 1. The maximum atomic E-state index is 11.7. The van der Waals surface area contributed by atoms with Crippen LogP contribution >= 0.6 is 0 Å². The monoisotopic (exact) mass is 385 g/mol. The maximum Gasteiger partial charge on any atom is 0.337 e. The zero-order chi connectivity index (χ0) is 20.5. The summed E-state index contributed by atoms with van der Waals surface area (Å²) in [6, 6.07) is 19.1. The molecule has 29 heavy (non-hydrogen) atoms. The van der Waals surface area contributed by atoms with Crippen LogP contribution in [0.5, 0.6) is 0 Å². The Kier molecular flexibility index (Phi) is 4.60. The Hall–Kier alpha value is -3.93. The van der Waals surface area contributed by atoms with Crippen LogP contribution in [0.3, 0.4) is 0 Å². The number of carbonyl (C=O) groups excluding carboxylic acids is 1. The molecule has 1 amide bonds. The lowest BCUT2D eigenvalue weighted by atomic mass is 9.98. The molecule has 144 valence electrons. The quantitative estimate of drug-likeness (QED) is 0.539. The molecule has 6 heteroatoms. The minimum atomic E-state index is -0.980. The van der Waals surface area contributed by atoms with Crippen molar-refractivity contribution in [3.63, 3.8) is 0 Å². The number of benzene rings is 3. The van der Waals surface area contributed by atoms with Crippen LogP contribution in [-0.2, 0) is 11.8 Å². The first-order valence-electron chi connectivity index (χ1n) is 9.09. The van der Waals surface area contributed by atoms with E-state index in [1.54, 1.807) is 24.0 Å². The highest BCUT2D eigenvalue weighted by Crippen LogP contribution is 2.30. The van der Waals surface area contributed by atoms with Crippen molar-refractivity contribution >= 4 is 28.6 Å². The number of amides is 1. The Balaban J connectivity index is 1.72. The van der Waals surface area contributed by atoms with Crippen LogP contribution in [0.4, 0.5) is 5.69 Å². The minimum absolute atomic E-state index is 0.114.